The maximum atomic E-state index is 12.9. The monoisotopic (exact) mass is 333 g/mol. The summed E-state index contributed by atoms with van der Waals surface area (Å²) in [6, 6.07) is 13.5. The number of nitrogens with one attached hydrogen (secondary N) is 1. The van der Waals surface area contributed by atoms with Gasteiger partial charge in [-0.25, -0.2) is 4.79 Å². The summed E-state index contributed by atoms with van der Waals surface area (Å²) < 4.78 is 43.5. The minimum atomic E-state index is -4.34. The van der Waals surface area contributed by atoms with Crippen molar-refractivity contribution in [1.82, 2.24) is 4.98 Å². The van der Waals surface area contributed by atoms with Gasteiger partial charge in [0.2, 0.25) is 0 Å². The maximum Gasteiger partial charge on any atom is 0.394 e. The Morgan fingerprint density at radius 3 is 2.46 bits per heavy atom. The number of H-pyrrole nitrogens is 1. The van der Waals surface area contributed by atoms with E-state index < -0.39 is 18.6 Å². The van der Waals surface area contributed by atoms with Crippen molar-refractivity contribution in [3.05, 3.63) is 59.8 Å². The van der Waals surface area contributed by atoms with E-state index in [1.807, 2.05) is 0 Å². The third-order valence-electron chi connectivity index (χ3n) is 3.74. The smallest absolute Gasteiger partial charge is 0.394 e. The van der Waals surface area contributed by atoms with E-state index in [1.54, 1.807) is 42.5 Å². The van der Waals surface area contributed by atoms with Gasteiger partial charge in [-0.05, 0) is 23.8 Å². The quantitative estimate of drug-likeness (QED) is 0.704. The maximum absolute atomic E-state index is 12.9. The fourth-order valence-electron chi connectivity index (χ4n) is 2.76. The van der Waals surface area contributed by atoms with Gasteiger partial charge in [-0.15, -0.1) is 0 Å². The zero-order valence-electron chi connectivity index (χ0n) is 12.8. The molecule has 1 N–H and O–H groups in total. The summed E-state index contributed by atoms with van der Waals surface area (Å²) in [4.78, 5) is 14.6. The number of carbonyl (C=O) groups excluding carboxylic acids is 1. The van der Waals surface area contributed by atoms with Crippen molar-refractivity contribution in [3.63, 3.8) is 0 Å². The van der Waals surface area contributed by atoms with Gasteiger partial charge in [0.1, 0.15) is 0 Å². The van der Waals surface area contributed by atoms with Crippen LogP contribution in [-0.2, 0) is 11.2 Å². The highest BCUT2D eigenvalue weighted by Gasteiger charge is 2.31. The Hall–Kier alpha value is -2.76. The second kappa shape index (κ2) is 6.03. The third-order valence-corrected chi connectivity index (χ3v) is 3.74. The van der Waals surface area contributed by atoms with Crippen LogP contribution in [0.4, 0.5) is 13.2 Å². The highest BCUT2D eigenvalue weighted by molar-refractivity contribution is 6.02. The molecule has 6 heteroatoms. The molecule has 2 aromatic carbocycles. The zero-order chi connectivity index (χ0) is 17.3. The third kappa shape index (κ3) is 3.13. The minimum Gasteiger partial charge on any atom is -0.465 e. The molecule has 0 aliphatic carbocycles. The topological polar surface area (TPSA) is 42.1 Å². The molecule has 1 aromatic heterocycles. The van der Waals surface area contributed by atoms with E-state index in [0.717, 1.165) is 0 Å². The van der Waals surface area contributed by atoms with Gasteiger partial charge in [-0.3, -0.25) is 0 Å². The number of hydrogen-bond donors (Lipinski definition) is 1. The van der Waals surface area contributed by atoms with E-state index in [2.05, 4.69) is 9.72 Å². The van der Waals surface area contributed by atoms with Crippen molar-refractivity contribution in [1.29, 1.82) is 0 Å². The lowest BCUT2D eigenvalue weighted by molar-refractivity contribution is -0.127. The van der Waals surface area contributed by atoms with Gasteiger partial charge in [-0.2, -0.15) is 13.2 Å². The lowest BCUT2D eigenvalue weighted by Crippen LogP contribution is -2.12. The molecule has 0 saturated heterocycles. The number of esters is 1. The summed E-state index contributed by atoms with van der Waals surface area (Å²) >= 11 is 0. The Balaban J connectivity index is 2.25. The van der Waals surface area contributed by atoms with Crippen molar-refractivity contribution in [2.24, 2.45) is 0 Å². The summed E-state index contributed by atoms with van der Waals surface area (Å²) in [5, 5.41) is 0.559. The predicted molar refractivity (Wildman–Crippen MR) is 84.8 cm³/mol. The van der Waals surface area contributed by atoms with Crippen molar-refractivity contribution >= 4 is 16.9 Å². The van der Waals surface area contributed by atoms with E-state index in [-0.39, 0.29) is 5.69 Å². The number of alkyl halides is 3. The first-order chi connectivity index (χ1) is 11.4. The highest BCUT2D eigenvalue weighted by atomic mass is 19.4. The van der Waals surface area contributed by atoms with Crippen molar-refractivity contribution < 1.29 is 22.7 Å². The first kappa shape index (κ1) is 16.1. The van der Waals surface area contributed by atoms with Crippen LogP contribution in [0.1, 0.15) is 16.1 Å². The molecule has 0 radical (unpaired) electrons. The van der Waals surface area contributed by atoms with Gasteiger partial charge >= 0.3 is 12.1 Å². The molecule has 124 valence electrons. The number of rotatable bonds is 3. The van der Waals surface area contributed by atoms with Crippen LogP contribution >= 0.6 is 0 Å². The zero-order valence-corrected chi connectivity index (χ0v) is 12.8. The van der Waals surface area contributed by atoms with Crippen molar-refractivity contribution in [2.45, 2.75) is 12.6 Å². The second-order valence-electron chi connectivity index (χ2n) is 5.39. The van der Waals surface area contributed by atoms with E-state index in [0.29, 0.717) is 27.6 Å². The minimum absolute atomic E-state index is 0.0747. The van der Waals surface area contributed by atoms with Crippen LogP contribution in [0.2, 0.25) is 0 Å². The number of aromatic amines is 1. The SMILES string of the molecule is COC(=O)c1ccc2[nH]c(CC(F)(F)F)c(-c3ccccc3)c2c1. The number of carbonyl (C=O) groups is 1. The van der Waals surface area contributed by atoms with Crippen LogP contribution in [0.15, 0.2) is 48.5 Å². The Morgan fingerprint density at radius 1 is 1.12 bits per heavy atom. The highest BCUT2D eigenvalue weighted by Crippen LogP contribution is 2.36. The number of methoxy groups -OCH3 is 1. The van der Waals surface area contributed by atoms with Crippen LogP contribution in [0.25, 0.3) is 22.0 Å². The van der Waals surface area contributed by atoms with Gasteiger partial charge in [0.05, 0.1) is 19.1 Å². The molecule has 0 aliphatic heterocycles. The van der Waals surface area contributed by atoms with Crippen LogP contribution in [-0.4, -0.2) is 24.2 Å². The average Bonchev–Trinajstić information content (AvgIpc) is 2.89. The predicted octanol–water partition coefficient (Wildman–Crippen LogP) is 4.73. The normalized spacial score (nSPS) is 11.7. The molecule has 3 rings (SSSR count). The van der Waals surface area contributed by atoms with Gasteiger partial charge in [0.15, 0.2) is 0 Å². The molecule has 0 unspecified atom stereocenters. The van der Waals surface area contributed by atoms with Gasteiger partial charge in [-0.1, -0.05) is 30.3 Å². The van der Waals surface area contributed by atoms with E-state index in [4.69, 9.17) is 0 Å². The van der Waals surface area contributed by atoms with Crippen LogP contribution in [0, 0.1) is 0 Å². The second-order valence-corrected chi connectivity index (χ2v) is 5.39. The summed E-state index contributed by atoms with van der Waals surface area (Å²) in [6.45, 7) is 0. The summed E-state index contributed by atoms with van der Waals surface area (Å²) in [6.07, 6.45) is -5.41. The fourth-order valence-corrected chi connectivity index (χ4v) is 2.76. The van der Waals surface area contributed by atoms with Crippen LogP contribution in [0.3, 0.4) is 0 Å². The van der Waals surface area contributed by atoms with E-state index in [9.17, 15) is 18.0 Å². The molecule has 3 aromatic rings. The van der Waals surface area contributed by atoms with Crippen molar-refractivity contribution in [2.75, 3.05) is 7.11 Å². The molecule has 0 amide bonds. The summed E-state index contributed by atoms with van der Waals surface area (Å²) in [5.74, 6) is -0.533. The standard InChI is InChI=1S/C18H14F3NO2/c1-24-17(23)12-7-8-14-13(9-12)16(11-5-3-2-4-6-11)15(22-14)10-18(19,20)21/h2-9,22H,10H2,1H3. The molecule has 24 heavy (non-hydrogen) atoms. The number of benzene rings is 2. The first-order valence-electron chi connectivity index (χ1n) is 7.24. The molecule has 0 fully saturated rings. The first-order valence-corrected chi connectivity index (χ1v) is 7.24. The van der Waals surface area contributed by atoms with E-state index >= 15 is 0 Å². The summed E-state index contributed by atoms with van der Waals surface area (Å²) in [7, 11) is 1.26. The lowest BCUT2D eigenvalue weighted by atomic mass is 9.99. The Labute approximate surface area is 136 Å². The number of aromatic nitrogens is 1. The molecule has 0 spiro atoms. The van der Waals surface area contributed by atoms with Gasteiger partial charge in [0.25, 0.3) is 0 Å². The molecule has 0 aliphatic rings. The number of fused-ring (bicyclic) bond motifs is 1. The number of hydrogen-bond acceptors (Lipinski definition) is 2. The fraction of sp³-hybridized carbons (Fsp3) is 0.167. The largest absolute Gasteiger partial charge is 0.465 e. The average molecular weight is 333 g/mol. The molecule has 0 bridgehead atoms. The molecule has 1 heterocycles. The van der Waals surface area contributed by atoms with Crippen LogP contribution in [0.5, 0.6) is 0 Å². The molecule has 0 atom stereocenters. The molecule has 3 nitrogen and oxygen atoms in total. The van der Waals surface area contributed by atoms with Crippen molar-refractivity contribution in [3.8, 4) is 11.1 Å². The molecular weight excluding hydrogens is 319 g/mol. The summed E-state index contributed by atoms with van der Waals surface area (Å²) in [5.41, 5.74) is 2.02. The Bertz CT molecular complexity index is 882. The van der Waals surface area contributed by atoms with Crippen LogP contribution < -0.4 is 0 Å². The van der Waals surface area contributed by atoms with Gasteiger partial charge < -0.3 is 9.72 Å². The number of halogens is 3. The molecule has 0 saturated carbocycles. The Morgan fingerprint density at radius 2 is 1.83 bits per heavy atom. The lowest BCUT2D eigenvalue weighted by Gasteiger charge is -2.08. The van der Waals surface area contributed by atoms with Gasteiger partial charge in [0, 0.05) is 22.2 Å². The van der Waals surface area contributed by atoms with E-state index in [1.165, 1.54) is 13.2 Å². The Kier molecular flexibility index (Phi) is 4.05. The molecular formula is C18H14F3NO2. The number of ether oxygens (including phenoxy) is 1.